The van der Waals surface area contributed by atoms with Crippen molar-refractivity contribution in [3.63, 3.8) is 0 Å². The van der Waals surface area contributed by atoms with Crippen molar-refractivity contribution in [3.05, 3.63) is 0 Å². The van der Waals surface area contributed by atoms with Gasteiger partial charge in [-0.2, -0.15) is 0 Å². The highest BCUT2D eigenvalue weighted by Gasteiger charge is 2.31. The average molecular weight is 461 g/mol. The average Bonchev–Trinajstić information content (AvgIpc) is 2.77. The zero-order valence-corrected chi connectivity index (χ0v) is 21.6. The zero-order valence-electron chi connectivity index (χ0n) is 21.6. The second-order valence-electron chi connectivity index (χ2n) is 8.39. The summed E-state index contributed by atoms with van der Waals surface area (Å²) in [6, 6.07) is 0. The summed E-state index contributed by atoms with van der Waals surface area (Å²) in [5.74, 6) is -0.303. The Balaban J connectivity index is 3.57. The molecule has 0 aromatic rings. The fraction of sp³-hybridized carbons (Fsp3) is 0.960. The summed E-state index contributed by atoms with van der Waals surface area (Å²) < 4.78 is 22.0. The molecule has 1 unspecified atom stereocenters. The van der Waals surface area contributed by atoms with Crippen LogP contribution in [-0.4, -0.2) is 65.1 Å². The van der Waals surface area contributed by atoms with E-state index in [0.29, 0.717) is 19.8 Å². The number of methoxy groups -OCH3 is 1. The maximum atomic E-state index is 11.0. The van der Waals surface area contributed by atoms with Crippen molar-refractivity contribution in [2.75, 3.05) is 53.1 Å². The van der Waals surface area contributed by atoms with Crippen LogP contribution in [0.1, 0.15) is 91.9 Å². The second-order valence-corrected chi connectivity index (χ2v) is 8.39. The number of esters is 1. The predicted molar refractivity (Wildman–Crippen MR) is 131 cm³/mol. The van der Waals surface area contributed by atoms with Crippen molar-refractivity contribution in [2.24, 2.45) is 5.92 Å². The van der Waals surface area contributed by atoms with Gasteiger partial charge in [-0.1, -0.05) is 51.9 Å². The van der Waals surface area contributed by atoms with E-state index >= 15 is 0 Å². The van der Waals surface area contributed by atoms with Crippen molar-refractivity contribution in [1.82, 2.24) is 10.6 Å². The molecule has 0 rings (SSSR count). The summed E-state index contributed by atoms with van der Waals surface area (Å²) in [7, 11) is 1.41. The van der Waals surface area contributed by atoms with E-state index in [4.69, 9.17) is 14.2 Å². The van der Waals surface area contributed by atoms with Gasteiger partial charge in [-0.15, -0.1) is 0 Å². The van der Waals surface area contributed by atoms with Crippen molar-refractivity contribution >= 4 is 5.97 Å². The van der Waals surface area contributed by atoms with Gasteiger partial charge in [0, 0.05) is 39.3 Å². The van der Waals surface area contributed by atoms with E-state index in [1.807, 2.05) is 20.8 Å². The minimum Gasteiger partial charge on any atom is -0.468 e. The molecular weight excluding hydrogens is 408 g/mol. The Kier molecular flexibility index (Phi) is 21.6. The van der Waals surface area contributed by atoms with Gasteiger partial charge in [0.2, 0.25) is 0 Å². The van der Waals surface area contributed by atoms with Crippen LogP contribution in [0.5, 0.6) is 0 Å². The van der Waals surface area contributed by atoms with Crippen LogP contribution in [0, 0.1) is 5.92 Å². The van der Waals surface area contributed by atoms with Gasteiger partial charge >= 0.3 is 5.97 Å². The molecule has 0 amide bonds. The number of rotatable bonds is 24. The van der Waals surface area contributed by atoms with Crippen LogP contribution >= 0.6 is 0 Å². The molecule has 7 nitrogen and oxygen atoms in total. The first-order valence-electron chi connectivity index (χ1n) is 12.9. The Bertz CT molecular complexity index is 406. The lowest BCUT2D eigenvalue weighted by Gasteiger charge is -2.32. The lowest BCUT2D eigenvalue weighted by atomic mass is 9.99. The van der Waals surface area contributed by atoms with Crippen molar-refractivity contribution < 1.29 is 23.7 Å². The standard InChI is InChI=1S/C25H52N2O5/c1-6-30-25(31-7-2,32-8-3)18-15-13-11-9-10-12-14-16-23(4)17-19-26-20-21-27-22-24(28)29-5/h23,26-27H,6-22H2,1-5H3. The van der Waals surface area contributed by atoms with Gasteiger partial charge in [-0.3, -0.25) is 4.79 Å². The fourth-order valence-electron chi connectivity index (χ4n) is 3.78. The highest BCUT2D eigenvalue weighted by molar-refractivity contribution is 5.71. The third-order valence-electron chi connectivity index (χ3n) is 5.56. The Morgan fingerprint density at radius 3 is 1.84 bits per heavy atom. The van der Waals surface area contributed by atoms with E-state index in [1.54, 1.807) is 0 Å². The van der Waals surface area contributed by atoms with E-state index in [1.165, 1.54) is 58.5 Å². The number of carbonyl (C=O) groups is 1. The molecule has 0 saturated heterocycles. The number of carbonyl (C=O) groups excluding carboxylic acids is 1. The summed E-state index contributed by atoms with van der Waals surface area (Å²) in [5.41, 5.74) is 0. The smallest absolute Gasteiger partial charge is 0.319 e. The summed E-state index contributed by atoms with van der Waals surface area (Å²) in [6.45, 7) is 13.1. The number of hydrogen-bond donors (Lipinski definition) is 2. The fourth-order valence-corrected chi connectivity index (χ4v) is 3.78. The maximum absolute atomic E-state index is 11.0. The van der Waals surface area contributed by atoms with Crippen LogP contribution in [0.25, 0.3) is 0 Å². The molecule has 2 N–H and O–H groups in total. The molecule has 0 saturated carbocycles. The first-order valence-corrected chi connectivity index (χ1v) is 12.9. The minimum absolute atomic E-state index is 0.217. The Morgan fingerprint density at radius 2 is 1.28 bits per heavy atom. The molecule has 0 aliphatic carbocycles. The molecule has 192 valence electrons. The molecule has 0 heterocycles. The largest absolute Gasteiger partial charge is 0.468 e. The normalized spacial score (nSPS) is 12.8. The van der Waals surface area contributed by atoms with Gasteiger partial charge in [0.05, 0.1) is 13.7 Å². The van der Waals surface area contributed by atoms with Crippen LogP contribution in [0.2, 0.25) is 0 Å². The number of hydrogen-bond acceptors (Lipinski definition) is 7. The molecule has 0 bridgehead atoms. The van der Waals surface area contributed by atoms with E-state index in [9.17, 15) is 4.79 Å². The SMILES string of the molecule is CCOC(CCCCCCCCCC(C)CCNCCNCC(=O)OC)(OCC)OCC. The van der Waals surface area contributed by atoms with E-state index < -0.39 is 5.97 Å². The summed E-state index contributed by atoms with van der Waals surface area (Å²) in [4.78, 5) is 11.0. The molecule has 0 radical (unpaired) electrons. The topological polar surface area (TPSA) is 78.1 Å². The molecule has 1 atom stereocenters. The summed E-state index contributed by atoms with van der Waals surface area (Å²) in [5, 5.41) is 6.49. The zero-order chi connectivity index (χ0) is 23.9. The molecule has 0 aromatic carbocycles. The lowest BCUT2D eigenvalue weighted by molar-refractivity contribution is -0.380. The Hall–Kier alpha value is -0.730. The van der Waals surface area contributed by atoms with E-state index in [2.05, 4.69) is 22.3 Å². The third kappa shape index (κ3) is 17.8. The van der Waals surface area contributed by atoms with E-state index in [0.717, 1.165) is 38.4 Å². The lowest BCUT2D eigenvalue weighted by Crippen LogP contribution is -2.39. The highest BCUT2D eigenvalue weighted by atomic mass is 16.9. The van der Waals surface area contributed by atoms with Gasteiger partial charge in [0.15, 0.2) is 0 Å². The third-order valence-corrected chi connectivity index (χ3v) is 5.56. The highest BCUT2D eigenvalue weighted by Crippen LogP contribution is 2.24. The quantitative estimate of drug-likeness (QED) is 0.123. The Labute approximate surface area is 197 Å². The van der Waals surface area contributed by atoms with E-state index in [-0.39, 0.29) is 12.5 Å². The van der Waals surface area contributed by atoms with Gasteiger partial charge < -0.3 is 29.6 Å². The first kappa shape index (κ1) is 31.3. The van der Waals surface area contributed by atoms with Gasteiger partial charge in [-0.25, -0.2) is 0 Å². The molecule has 0 fully saturated rings. The van der Waals surface area contributed by atoms with Gasteiger partial charge in [0.1, 0.15) is 0 Å². The minimum atomic E-state index is -0.844. The molecule has 32 heavy (non-hydrogen) atoms. The van der Waals surface area contributed by atoms with Crippen LogP contribution < -0.4 is 10.6 Å². The van der Waals surface area contributed by atoms with Crippen molar-refractivity contribution in [3.8, 4) is 0 Å². The molecular formula is C25H52N2O5. The monoisotopic (exact) mass is 460 g/mol. The predicted octanol–water partition coefficient (Wildman–Crippen LogP) is 4.64. The number of nitrogens with one attached hydrogen (secondary N) is 2. The van der Waals surface area contributed by atoms with Gasteiger partial charge in [0.25, 0.3) is 5.97 Å². The maximum Gasteiger partial charge on any atom is 0.319 e. The first-order chi connectivity index (χ1) is 15.5. The van der Waals surface area contributed by atoms with Crippen molar-refractivity contribution in [2.45, 2.75) is 97.9 Å². The van der Waals surface area contributed by atoms with Crippen molar-refractivity contribution in [1.29, 1.82) is 0 Å². The summed E-state index contributed by atoms with van der Waals surface area (Å²) >= 11 is 0. The van der Waals surface area contributed by atoms with Crippen LogP contribution in [-0.2, 0) is 23.7 Å². The summed E-state index contributed by atoms with van der Waals surface area (Å²) in [6.07, 6.45) is 12.1. The molecule has 0 aromatic heterocycles. The molecule has 7 heteroatoms. The Morgan fingerprint density at radius 1 is 0.750 bits per heavy atom. The molecule has 0 aliphatic heterocycles. The number of unbranched alkanes of at least 4 members (excludes halogenated alkanes) is 6. The number of ether oxygens (including phenoxy) is 4. The van der Waals surface area contributed by atoms with Crippen LogP contribution in [0.15, 0.2) is 0 Å². The van der Waals surface area contributed by atoms with Crippen LogP contribution in [0.3, 0.4) is 0 Å². The molecule has 0 spiro atoms. The van der Waals surface area contributed by atoms with Crippen LogP contribution in [0.4, 0.5) is 0 Å². The van der Waals surface area contributed by atoms with Gasteiger partial charge in [-0.05, 0) is 46.1 Å². The second kappa shape index (κ2) is 22.1. The molecule has 0 aliphatic rings.